The van der Waals surface area contributed by atoms with E-state index in [2.05, 4.69) is 10.2 Å². The van der Waals surface area contributed by atoms with Crippen LogP contribution in [-0.4, -0.2) is 20.2 Å². The lowest BCUT2D eigenvalue weighted by Crippen LogP contribution is -1.87. The maximum absolute atomic E-state index is 13.1. The zero-order chi connectivity index (χ0) is 14.3. The summed E-state index contributed by atoms with van der Waals surface area (Å²) < 4.78 is 13.1. The number of H-pyrrole nitrogens is 1. The molecule has 2 aromatic carbocycles. The highest BCUT2D eigenvalue weighted by atomic mass is 19.1. The van der Waals surface area contributed by atoms with Crippen molar-refractivity contribution in [1.29, 1.82) is 0 Å². The minimum atomic E-state index is -0.737. The first kappa shape index (κ1) is 12.1. The Kier molecular flexibility index (Phi) is 2.60. The minimum Gasteiger partial charge on any atom is -0.505 e. The number of rotatable bonds is 2. The molecule has 100 valence electrons. The molecule has 7 heteroatoms. The number of nitrogens with zero attached hydrogens (tertiary/aromatic N) is 2. The van der Waals surface area contributed by atoms with Crippen molar-refractivity contribution in [3.8, 4) is 17.0 Å². The number of aromatic nitrogens is 2. The summed E-state index contributed by atoms with van der Waals surface area (Å²) in [7, 11) is 0. The van der Waals surface area contributed by atoms with Crippen LogP contribution in [0, 0.1) is 15.9 Å². The summed E-state index contributed by atoms with van der Waals surface area (Å²) in [5, 5.41) is 27.5. The summed E-state index contributed by atoms with van der Waals surface area (Å²) in [6, 6.07) is 8.09. The van der Waals surface area contributed by atoms with Crippen LogP contribution in [0.3, 0.4) is 0 Å². The lowest BCUT2D eigenvalue weighted by Gasteiger charge is -2.00. The number of nitro groups is 1. The molecular weight excluding hydrogens is 265 g/mol. The molecule has 0 unspecified atom stereocenters. The molecule has 6 nitrogen and oxygen atoms in total. The van der Waals surface area contributed by atoms with Gasteiger partial charge in [0.15, 0.2) is 11.6 Å². The molecule has 3 rings (SSSR count). The maximum atomic E-state index is 13.1. The van der Waals surface area contributed by atoms with Gasteiger partial charge in [0.05, 0.1) is 10.4 Å². The van der Waals surface area contributed by atoms with Crippen molar-refractivity contribution in [1.82, 2.24) is 10.2 Å². The van der Waals surface area contributed by atoms with Crippen molar-refractivity contribution in [3.05, 3.63) is 52.3 Å². The third-order valence-corrected chi connectivity index (χ3v) is 2.98. The number of fused-ring (bicyclic) bond motifs is 1. The Hall–Kier alpha value is -2.96. The molecule has 0 saturated carbocycles. The second kappa shape index (κ2) is 4.30. The number of aromatic amines is 1. The lowest BCUT2D eigenvalue weighted by atomic mass is 10.1. The predicted molar refractivity (Wildman–Crippen MR) is 69.8 cm³/mol. The van der Waals surface area contributed by atoms with E-state index in [-0.39, 0.29) is 5.69 Å². The van der Waals surface area contributed by atoms with Crippen LogP contribution in [0.4, 0.5) is 10.1 Å². The van der Waals surface area contributed by atoms with Crippen LogP contribution in [0.1, 0.15) is 0 Å². The van der Waals surface area contributed by atoms with Crippen molar-refractivity contribution in [2.24, 2.45) is 0 Å². The molecule has 0 bridgehead atoms. The standard InChI is InChI=1S/C13H8FN3O3/c14-10-3-1-7(5-12(10)18)13-9-6-8(17(19)20)2-4-11(9)15-16-13/h1-6,18H,(H,15,16). The van der Waals surface area contributed by atoms with Gasteiger partial charge in [0.25, 0.3) is 5.69 Å². The van der Waals surface area contributed by atoms with Gasteiger partial charge in [-0.15, -0.1) is 0 Å². The number of halogens is 1. The molecule has 1 heterocycles. The SMILES string of the molecule is O=[N+]([O-])c1ccc2[nH]nc(-c3ccc(F)c(O)c3)c2c1. The number of hydrogen-bond acceptors (Lipinski definition) is 4. The molecule has 0 atom stereocenters. The summed E-state index contributed by atoms with van der Waals surface area (Å²) in [6.45, 7) is 0. The largest absolute Gasteiger partial charge is 0.505 e. The molecule has 0 aliphatic carbocycles. The number of non-ortho nitro benzene ring substituents is 1. The van der Waals surface area contributed by atoms with Crippen LogP contribution in [0.2, 0.25) is 0 Å². The molecule has 0 aliphatic heterocycles. The summed E-state index contributed by atoms with van der Waals surface area (Å²) >= 11 is 0. The molecule has 0 saturated heterocycles. The number of nitro benzene ring substituents is 1. The lowest BCUT2D eigenvalue weighted by molar-refractivity contribution is -0.384. The fraction of sp³-hybridized carbons (Fsp3) is 0. The van der Waals surface area contributed by atoms with Crippen LogP contribution in [0.15, 0.2) is 36.4 Å². The molecule has 2 N–H and O–H groups in total. The number of hydrogen-bond donors (Lipinski definition) is 2. The van der Waals surface area contributed by atoms with E-state index in [9.17, 15) is 19.6 Å². The van der Waals surface area contributed by atoms with Crippen LogP contribution in [0.25, 0.3) is 22.2 Å². The topological polar surface area (TPSA) is 92.0 Å². The molecule has 1 aromatic heterocycles. The highest BCUT2D eigenvalue weighted by molar-refractivity contribution is 5.94. The second-order valence-electron chi connectivity index (χ2n) is 4.23. The highest BCUT2D eigenvalue weighted by Gasteiger charge is 2.14. The van der Waals surface area contributed by atoms with E-state index in [1.165, 1.54) is 24.3 Å². The Balaban J connectivity index is 2.22. The average molecular weight is 273 g/mol. The molecule has 0 radical (unpaired) electrons. The van der Waals surface area contributed by atoms with Gasteiger partial charge in [0.2, 0.25) is 0 Å². The summed E-state index contributed by atoms with van der Waals surface area (Å²) in [4.78, 5) is 10.3. The number of nitrogens with one attached hydrogen (secondary N) is 1. The minimum absolute atomic E-state index is 0.0634. The van der Waals surface area contributed by atoms with E-state index in [0.717, 1.165) is 6.07 Å². The summed E-state index contributed by atoms with van der Waals surface area (Å²) in [5.74, 6) is -1.23. The van der Waals surface area contributed by atoms with Gasteiger partial charge in [-0.3, -0.25) is 15.2 Å². The number of phenols is 1. The van der Waals surface area contributed by atoms with Crippen LogP contribution in [-0.2, 0) is 0 Å². The van der Waals surface area contributed by atoms with Gasteiger partial charge in [-0.05, 0) is 24.3 Å². The molecule has 0 aliphatic rings. The Bertz CT molecular complexity index is 829. The predicted octanol–water partition coefficient (Wildman–Crippen LogP) is 2.98. The molecule has 3 aromatic rings. The van der Waals surface area contributed by atoms with E-state index in [4.69, 9.17) is 0 Å². The van der Waals surface area contributed by atoms with Crippen molar-refractivity contribution in [3.63, 3.8) is 0 Å². The van der Waals surface area contributed by atoms with E-state index >= 15 is 0 Å². The Labute approximate surface area is 111 Å². The summed E-state index contributed by atoms with van der Waals surface area (Å²) in [6.07, 6.45) is 0. The van der Waals surface area contributed by atoms with Crippen LogP contribution >= 0.6 is 0 Å². The van der Waals surface area contributed by atoms with E-state index in [1.54, 1.807) is 6.07 Å². The van der Waals surface area contributed by atoms with Gasteiger partial charge >= 0.3 is 0 Å². The zero-order valence-corrected chi connectivity index (χ0v) is 10.0. The fourth-order valence-electron chi connectivity index (χ4n) is 2.00. The number of benzene rings is 2. The smallest absolute Gasteiger partial charge is 0.270 e. The van der Waals surface area contributed by atoms with Gasteiger partial charge in [-0.25, -0.2) is 4.39 Å². The van der Waals surface area contributed by atoms with Gasteiger partial charge in [-0.1, -0.05) is 0 Å². The maximum Gasteiger partial charge on any atom is 0.270 e. The first-order chi connectivity index (χ1) is 9.56. The fourth-order valence-corrected chi connectivity index (χ4v) is 2.00. The highest BCUT2D eigenvalue weighted by Crippen LogP contribution is 2.31. The van der Waals surface area contributed by atoms with Crippen molar-refractivity contribution in [2.75, 3.05) is 0 Å². The van der Waals surface area contributed by atoms with Crippen molar-refractivity contribution in [2.45, 2.75) is 0 Å². The number of phenolic OH excluding ortho intramolecular Hbond substituents is 1. The van der Waals surface area contributed by atoms with Crippen molar-refractivity contribution < 1.29 is 14.4 Å². The number of aromatic hydroxyl groups is 1. The Morgan fingerprint density at radius 2 is 2.05 bits per heavy atom. The Morgan fingerprint density at radius 3 is 2.75 bits per heavy atom. The quantitative estimate of drug-likeness (QED) is 0.554. The average Bonchev–Trinajstić information content (AvgIpc) is 2.84. The molecule has 0 fully saturated rings. The van der Waals surface area contributed by atoms with Crippen LogP contribution < -0.4 is 0 Å². The monoisotopic (exact) mass is 273 g/mol. The first-order valence-electron chi connectivity index (χ1n) is 5.67. The summed E-state index contributed by atoms with van der Waals surface area (Å²) in [5.41, 5.74) is 1.44. The normalized spacial score (nSPS) is 10.8. The van der Waals surface area contributed by atoms with Gasteiger partial charge in [-0.2, -0.15) is 5.10 Å². The molecule has 0 spiro atoms. The molecular formula is C13H8FN3O3. The molecule has 0 amide bonds. The first-order valence-corrected chi connectivity index (χ1v) is 5.67. The Morgan fingerprint density at radius 1 is 1.25 bits per heavy atom. The molecule has 20 heavy (non-hydrogen) atoms. The third-order valence-electron chi connectivity index (χ3n) is 2.98. The second-order valence-corrected chi connectivity index (χ2v) is 4.23. The van der Waals surface area contributed by atoms with Gasteiger partial charge in [0.1, 0.15) is 5.69 Å². The van der Waals surface area contributed by atoms with Crippen molar-refractivity contribution >= 4 is 16.6 Å². The van der Waals surface area contributed by atoms with Gasteiger partial charge in [0, 0.05) is 23.1 Å². The third kappa shape index (κ3) is 1.85. The van der Waals surface area contributed by atoms with E-state index < -0.39 is 16.5 Å². The van der Waals surface area contributed by atoms with Gasteiger partial charge < -0.3 is 5.11 Å². The van der Waals surface area contributed by atoms with Crippen LogP contribution in [0.5, 0.6) is 5.75 Å². The zero-order valence-electron chi connectivity index (χ0n) is 10.0. The van der Waals surface area contributed by atoms with E-state index in [0.29, 0.717) is 22.2 Å². The van der Waals surface area contributed by atoms with E-state index in [1.807, 2.05) is 0 Å².